The van der Waals surface area contributed by atoms with E-state index in [2.05, 4.69) is 0 Å². The molecule has 0 aliphatic carbocycles. The van der Waals surface area contributed by atoms with Gasteiger partial charge in [-0.25, -0.2) is 12.8 Å². The molecule has 9 heteroatoms. The van der Waals surface area contributed by atoms with Gasteiger partial charge in [-0.3, -0.25) is 9.10 Å². The normalized spacial score (nSPS) is 11.0. The molecule has 0 saturated carbocycles. The predicted octanol–water partition coefficient (Wildman–Crippen LogP) is 3.91. The lowest BCUT2D eigenvalue weighted by Gasteiger charge is -2.23. The van der Waals surface area contributed by atoms with Crippen LogP contribution in [-0.4, -0.2) is 33.1 Å². The molecule has 3 aromatic rings. The van der Waals surface area contributed by atoms with E-state index in [0.717, 1.165) is 18.2 Å². The number of halogens is 1. The number of carbonyl (C=O) groups is 1. The van der Waals surface area contributed by atoms with Gasteiger partial charge in [-0.1, -0.05) is 18.2 Å². The number of carboxylic acid groups (broad SMARTS) is 1. The Morgan fingerprint density at radius 2 is 1.63 bits per heavy atom. The van der Waals surface area contributed by atoms with Gasteiger partial charge in [0.2, 0.25) is 0 Å². The van der Waals surface area contributed by atoms with Crippen LogP contribution in [0.15, 0.2) is 77.7 Å². The number of carboxylic acids is 1. The zero-order valence-electron chi connectivity index (χ0n) is 15.9. The smallest absolute Gasteiger partial charge is 0.324 e. The van der Waals surface area contributed by atoms with Gasteiger partial charge in [0.15, 0.2) is 11.6 Å². The fourth-order valence-corrected chi connectivity index (χ4v) is 4.10. The van der Waals surface area contributed by atoms with Crippen molar-refractivity contribution in [2.45, 2.75) is 4.90 Å². The van der Waals surface area contributed by atoms with Crippen molar-refractivity contribution in [1.82, 2.24) is 0 Å². The molecular weight excluding hydrogens is 413 g/mol. The minimum absolute atomic E-state index is 0.0917. The Kier molecular flexibility index (Phi) is 6.22. The SMILES string of the molecule is COc1ccc(S(=O)(=O)N(CC(=O)O)c2ccc(Oc3ccccc3)cc2)cc1F. The van der Waals surface area contributed by atoms with Gasteiger partial charge in [0.1, 0.15) is 18.0 Å². The van der Waals surface area contributed by atoms with E-state index in [1.165, 1.54) is 31.4 Å². The molecule has 0 fully saturated rings. The van der Waals surface area contributed by atoms with Crippen molar-refractivity contribution >= 4 is 21.7 Å². The molecule has 7 nitrogen and oxygen atoms in total. The van der Waals surface area contributed by atoms with Gasteiger partial charge in [-0.05, 0) is 54.6 Å². The molecule has 30 heavy (non-hydrogen) atoms. The van der Waals surface area contributed by atoms with Gasteiger partial charge in [-0.15, -0.1) is 0 Å². The second-order valence-electron chi connectivity index (χ2n) is 6.11. The molecule has 0 aromatic heterocycles. The molecule has 0 amide bonds. The first-order chi connectivity index (χ1) is 14.3. The minimum atomic E-state index is -4.35. The molecule has 0 aliphatic heterocycles. The van der Waals surface area contributed by atoms with Crippen LogP contribution < -0.4 is 13.8 Å². The monoisotopic (exact) mass is 431 g/mol. The highest BCUT2D eigenvalue weighted by atomic mass is 32.2. The zero-order valence-corrected chi connectivity index (χ0v) is 16.7. The van der Waals surface area contributed by atoms with E-state index < -0.39 is 33.3 Å². The third-order valence-corrected chi connectivity index (χ3v) is 5.86. The van der Waals surface area contributed by atoms with E-state index >= 15 is 0 Å². The highest BCUT2D eigenvalue weighted by molar-refractivity contribution is 7.92. The Morgan fingerprint density at radius 3 is 2.20 bits per heavy atom. The van der Waals surface area contributed by atoms with Crippen LogP contribution in [0, 0.1) is 5.82 Å². The number of para-hydroxylation sites is 1. The molecule has 3 rings (SSSR count). The Morgan fingerprint density at radius 1 is 1.00 bits per heavy atom. The van der Waals surface area contributed by atoms with Crippen LogP contribution in [0.3, 0.4) is 0 Å². The van der Waals surface area contributed by atoms with Crippen LogP contribution in [0.25, 0.3) is 0 Å². The van der Waals surface area contributed by atoms with Crippen molar-refractivity contribution in [1.29, 1.82) is 0 Å². The number of sulfonamides is 1. The van der Waals surface area contributed by atoms with Gasteiger partial charge in [0.25, 0.3) is 10.0 Å². The molecule has 3 aromatic carbocycles. The number of methoxy groups -OCH3 is 1. The Bertz CT molecular complexity index is 1130. The van der Waals surface area contributed by atoms with Crippen LogP contribution in [-0.2, 0) is 14.8 Å². The Labute approximate surface area is 173 Å². The first-order valence-corrected chi connectivity index (χ1v) is 10.2. The maximum Gasteiger partial charge on any atom is 0.324 e. The standard InChI is InChI=1S/C21H18FNO6S/c1-28-20-12-11-18(13-19(20)22)30(26,27)23(14-21(24)25)15-7-9-17(10-8-15)29-16-5-3-2-4-6-16/h2-13H,14H2,1H3,(H,24,25). The number of anilines is 1. The fraction of sp³-hybridized carbons (Fsp3) is 0.0952. The highest BCUT2D eigenvalue weighted by Crippen LogP contribution is 2.29. The molecule has 0 spiro atoms. The fourth-order valence-electron chi connectivity index (χ4n) is 2.68. The molecular formula is C21H18FNO6S. The van der Waals surface area contributed by atoms with E-state index in [1.807, 2.05) is 6.07 Å². The summed E-state index contributed by atoms with van der Waals surface area (Å²) in [6, 6.07) is 17.9. The highest BCUT2D eigenvalue weighted by Gasteiger charge is 2.28. The van der Waals surface area contributed by atoms with E-state index in [-0.39, 0.29) is 11.4 Å². The number of hydrogen-bond donors (Lipinski definition) is 1. The third-order valence-electron chi connectivity index (χ3n) is 4.09. The molecule has 1 N–H and O–H groups in total. The maximum atomic E-state index is 14.0. The summed E-state index contributed by atoms with van der Waals surface area (Å²) in [5, 5.41) is 9.22. The number of aliphatic carboxylic acids is 1. The van der Waals surface area contributed by atoms with E-state index in [1.54, 1.807) is 24.3 Å². The van der Waals surface area contributed by atoms with Gasteiger partial charge in [0.05, 0.1) is 17.7 Å². The first kappa shape index (κ1) is 21.1. The van der Waals surface area contributed by atoms with Crippen molar-refractivity contribution in [2.24, 2.45) is 0 Å². The molecule has 0 bridgehead atoms. The lowest BCUT2D eigenvalue weighted by molar-refractivity contribution is -0.135. The van der Waals surface area contributed by atoms with Crippen LogP contribution in [0.2, 0.25) is 0 Å². The van der Waals surface area contributed by atoms with E-state index in [4.69, 9.17) is 9.47 Å². The second kappa shape index (κ2) is 8.83. The summed E-state index contributed by atoms with van der Waals surface area (Å²) in [7, 11) is -3.10. The summed E-state index contributed by atoms with van der Waals surface area (Å²) in [5.41, 5.74) is 0.0917. The van der Waals surface area contributed by atoms with Crippen molar-refractivity contribution in [3.05, 3.63) is 78.6 Å². The quantitative estimate of drug-likeness (QED) is 0.581. The predicted molar refractivity (Wildman–Crippen MR) is 108 cm³/mol. The number of benzene rings is 3. The van der Waals surface area contributed by atoms with Crippen molar-refractivity contribution in [2.75, 3.05) is 18.0 Å². The first-order valence-electron chi connectivity index (χ1n) is 8.72. The lowest BCUT2D eigenvalue weighted by Crippen LogP contribution is -2.35. The Balaban J connectivity index is 1.93. The van der Waals surface area contributed by atoms with Crippen molar-refractivity contribution in [3.63, 3.8) is 0 Å². The lowest BCUT2D eigenvalue weighted by atomic mass is 10.3. The molecule has 0 radical (unpaired) electrons. The summed E-state index contributed by atoms with van der Waals surface area (Å²) in [6.07, 6.45) is 0. The average molecular weight is 431 g/mol. The van der Waals surface area contributed by atoms with Crippen molar-refractivity contribution in [3.8, 4) is 17.2 Å². The van der Waals surface area contributed by atoms with Gasteiger partial charge < -0.3 is 14.6 Å². The molecule has 0 saturated heterocycles. The van der Waals surface area contributed by atoms with Crippen LogP contribution >= 0.6 is 0 Å². The molecule has 0 heterocycles. The van der Waals surface area contributed by atoms with Crippen LogP contribution in [0.5, 0.6) is 17.2 Å². The topological polar surface area (TPSA) is 93.1 Å². The third kappa shape index (κ3) is 4.69. The summed E-state index contributed by atoms with van der Waals surface area (Å²) in [6.45, 7) is -0.838. The summed E-state index contributed by atoms with van der Waals surface area (Å²) in [5.74, 6) is -1.33. The van der Waals surface area contributed by atoms with Crippen LogP contribution in [0.4, 0.5) is 10.1 Å². The molecule has 0 unspecified atom stereocenters. The molecule has 0 atom stereocenters. The van der Waals surface area contributed by atoms with Crippen molar-refractivity contribution < 1.29 is 32.2 Å². The largest absolute Gasteiger partial charge is 0.494 e. The number of ether oxygens (including phenoxy) is 2. The van der Waals surface area contributed by atoms with Gasteiger partial charge in [-0.2, -0.15) is 0 Å². The summed E-state index contributed by atoms with van der Waals surface area (Å²) in [4.78, 5) is 10.9. The number of nitrogens with zero attached hydrogens (tertiary/aromatic N) is 1. The Hall–Kier alpha value is -3.59. The summed E-state index contributed by atoms with van der Waals surface area (Å²) < 4.78 is 51.2. The number of rotatable bonds is 8. The second-order valence-corrected chi connectivity index (χ2v) is 7.97. The molecule has 0 aliphatic rings. The van der Waals surface area contributed by atoms with E-state index in [0.29, 0.717) is 15.8 Å². The number of hydrogen-bond acceptors (Lipinski definition) is 5. The van der Waals surface area contributed by atoms with Gasteiger partial charge >= 0.3 is 5.97 Å². The zero-order chi connectivity index (χ0) is 21.7. The average Bonchev–Trinajstić information content (AvgIpc) is 2.73. The maximum absolute atomic E-state index is 14.0. The van der Waals surface area contributed by atoms with Crippen LogP contribution in [0.1, 0.15) is 0 Å². The summed E-state index contributed by atoms with van der Waals surface area (Å²) >= 11 is 0. The minimum Gasteiger partial charge on any atom is -0.494 e. The van der Waals surface area contributed by atoms with Gasteiger partial charge in [0, 0.05) is 0 Å². The molecule has 156 valence electrons. The van der Waals surface area contributed by atoms with E-state index in [9.17, 15) is 22.7 Å².